The van der Waals surface area contributed by atoms with Crippen molar-refractivity contribution < 1.29 is 0 Å². The Morgan fingerprint density at radius 1 is 1.19 bits per heavy atom. The molecule has 3 aromatic rings. The Bertz CT molecular complexity index is 855. The number of guanidine groups is 1. The van der Waals surface area contributed by atoms with Gasteiger partial charge in [0.2, 0.25) is 0 Å². The van der Waals surface area contributed by atoms with Crippen LogP contribution in [-0.4, -0.2) is 27.3 Å². The number of pyridine rings is 1. The van der Waals surface area contributed by atoms with Crippen molar-refractivity contribution in [3.8, 4) is 5.82 Å². The molecule has 0 aliphatic heterocycles. The van der Waals surface area contributed by atoms with Crippen LogP contribution in [0.5, 0.6) is 0 Å². The van der Waals surface area contributed by atoms with Gasteiger partial charge in [-0.25, -0.2) is 14.7 Å². The van der Waals surface area contributed by atoms with Gasteiger partial charge in [0, 0.05) is 25.0 Å². The highest BCUT2D eigenvalue weighted by Crippen LogP contribution is 2.10. The van der Waals surface area contributed by atoms with E-state index in [1.54, 1.807) is 11.3 Å². The Morgan fingerprint density at radius 3 is 2.63 bits per heavy atom. The fourth-order valence-electron chi connectivity index (χ4n) is 2.59. The van der Waals surface area contributed by atoms with E-state index in [4.69, 9.17) is 0 Å². The quantitative estimate of drug-likeness (QED) is 0.310. The maximum Gasteiger partial charge on any atom is 0.191 e. The van der Waals surface area contributed by atoms with Crippen molar-refractivity contribution in [2.75, 3.05) is 6.54 Å². The molecule has 0 spiro atoms. The van der Waals surface area contributed by atoms with E-state index in [0.717, 1.165) is 35.3 Å². The van der Waals surface area contributed by atoms with Crippen LogP contribution in [0.3, 0.4) is 0 Å². The van der Waals surface area contributed by atoms with Gasteiger partial charge in [0.1, 0.15) is 0 Å². The average Bonchev–Trinajstić information content (AvgIpc) is 3.27. The van der Waals surface area contributed by atoms with Crippen molar-refractivity contribution in [1.29, 1.82) is 0 Å². The number of thiophene rings is 1. The number of hydrogen-bond donors (Lipinski definition) is 2. The van der Waals surface area contributed by atoms with Crippen molar-refractivity contribution >= 4 is 41.3 Å². The Hall–Kier alpha value is -1.94. The number of rotatable bonds is 6. The lowest BCUT2D eigenvalue weighted by Crippen LogP contribution is -2.36. The van der Waals surface area contributed by atoms with Crippen LogP contribution in [-0.2, 0) is 13.1 Å². The molecule has 3 rings (SSSR count). The van der Waals surface area contributed by atoms with Crippen molar-refractivity contribution in [3.63, 3.8) is 0 Å². The lowest BCUT2D eigenvalue weighted by Gasteiger charge is -2.11. The van der Waals surface area contributed by atoms with Gasteiger partial charge in [0.25, 0.3) is 0 Å². The zero-order valence-electron chi connectivity index (χ0n) is 15.8. The van der Waals surface area contributed by atoms with Crippen molar-refractivity contribution in [1.82, 2.24) is 25.4 Å². The summed E-state index contributed by atoms with van der Waals surface area (Å²) in [5.41, 5.74) is 4.39. The van der Waals surface area contributed by atoms with Crippen LogP contribution in [0.4, 0.5) is 0 Å². The minimum Gasteiger partial charge on any atom is -0.357 e. The predicted octanol–water partition coefficient (Wildman–Crippen LogP) is 3.82. The van der Waals surface area contributed by atoms with Crippen LogP contribution < -0.4 is 10.6 Å². The number of aryl methyl sites for hydroxylation is 2. The smallest absolute Gasteiger partial charge is 0.191 e. The molecule has 0 saturated carbocycles. The molecule has 3 heterocycles. The monoisotopic (exact) mass is 496 g/mol. The summed E-state index contributed by atoms with van der Waals surface area (Å²) in [5, 5.41) is 15.3. The summed E-state index contributed by atoms with van der Waals surface area (Å²) in [5.74, 6) is 1.64. The molecule has 6 nitrogen and oxygen atoms in total. The molecule has 2 N–H and O–H groups in total. The van der Waals surface area contributed by atoms with Gasteiger partial charge in [0.05, 0.1) is 12.2 Å². The molecule has 0 atom stereocenters. The zero-order chi connectivity index (χ0) is 18.4. The van der Waals surface area contributed by atoms with E-state index in [9.17, 15) is 0 Å². The molecular weight excluding hydrogens is 471 g/mol. The molecule has 0 bridgehead atoms. The summed E-state index contributed by atoms with van der Waals surface area (Å²) < 4.78 is 1.86. The molecule has 0 radical (unpaired) electrons. The SMILES string of the molecule is CCNC(=NCc1ccsc1)NCc1ccc(-n2nc(C)cc2C)nc1.I. The summed E-state index contributed by atoms with van der Waals surface area (Å²) in [6.07, 6.45) is 1.88. The molecule has 0 saturated heterocycles. The topological polar surface area (TPSA) is 67.1 Å². The first kappa shape index (κ1) is 21.4. The van der Waals surface area contributed by atoms with Crippen molar-refractivity contribution in [2.45, 2.75) is 33.9 Å². The maximum atomic E-state index is 4.62. The first-order valence-electron chi connectivity index (χ1n) is 8.67. The number of nitrogens with one attached hydrogen (secondary N) is 2. The van der Waals surface area contributed by atoms with Gasteiger partial charge in [-0.1, -0.05) is 6.07 Å². The van der Waals surface area contributed by atoms with Gasteiger partial charge in [-0.15, -0.1) is 24.0 Å². The Balaban J connectivity index is 0.00000261. The number of aliphatic imine (C=N–C) groups is 1. The van der Waals surface area contributed by atoms with Gasteiger partial charge in [-0.3, -0.25) is 0 Å². The maximum absolute atomic E-state index is 4.62. The van der Waals surface area contributed by atoms with E-state index >= 15 is 0 Å². The van der Waals surface area contributed by atoms with Crippen LogP contribution >= 0.6 is 35.3 Å². The highest BCUT2D eigenvalue weighted by molar-refractivity contribution is 14.0. The summed E-state index contributed by atoms with van der Waals surface area (Å²) in [6.45, 7) is 8.24. The van der Waals surface area contributed by atoms with E-state index in [1.807, 2.05) is 36.9 Å². The van der Waals surface area contributed by atoms with E-state index in [2.05, 4.69) is 55.5 Å². The predicted molar refractivity (Wildman–Crippen MR) is 122 cm³/mol. The molecule has 0 amide bonds. The molecule has 0 fully saturated rings. The third kappa shape index (κ3) is 6.03. The van der Waals surface area contributed by atoms with Crippen molar-refractivity contribution in [2.24, 2.45) is 4.99 Å². The van der Waals surface area contributed by atoms with Crippen LogP contribution in [0.25, 0.3) is 5.82 Å². The van der Waals surface area contributed by atoms with Gasteiger partial charge in [-0.05, 0) is 60.9 Å². The fraction of sp³-hybridized carbons (Fsp3) is 0.316. The van der Waals surface area contributed by atoms with E-state index in [-0.39, 0.29) is 24.0 Å². The van der Waals surface area contributed by atoms with Crippen molar-refractivity contribution in [3.05, 3.63) is 63.7 Å². The first-order chi connectivity index (χ1) is 12.7. The lowest BCUT2D eigenvalue weighted by atomic mass is 10.3. The lowest BCUT2D eigenvalue weighted by molar-refractivity contribution is 0.792. The minimum atomic E-state index is 0. The highest BCUT2D eigenvalue weighted by Gasteiger charge is 2.05. The molecule has 0 aromatic carbocycles. The summed E-state index contributed by atoms with van der Waals surface area (Å²) in [7, 11) is 0. The van der Waals surface area contributed by atoms with Gasteiger partial charge in [0.15, 0.2) is 11.8 Å². The Kier molecular flexibility index (Phi) is 8.23. The second kappa shape index (κ2) is 10.4. The molecule has 3 aromatic heterocycles. The zero-order valence-corrected chi connectivity index (χ0v) is 18.9. The molecule has 27 heavy (non-hydrogen) atoms. The average molecular weight is 496 g/mol. The standard InChI is InChI=1S/C19H24N6S.HI/c1-4-20-19(23-12-17-7-8-26-13-17)22-11-16-5-6-18(21-10-16)25-15(3)9-14(2)24-25;/h5-10,13H,4,11-12H2,1-3H3,(H2,20,22,23);1H. The molecule has 8 heteroatoms. The van der Waals surface area contributed by atoms with Crippen LogP contribution in [0.2, 0.25) is 0 Å². The molecule has 0 aliphatic carbocycles. The second-order valence-corrected chi connectivity index (χ2v) is 6.82. The number of aromatic nitrogens is 3. The first-order valence-corrected chi connectivity index (χ1v) is 9.62. The van der Waals surface area contributed by atoms with Crippen LogP contribution in [0, 0.1) is 13.8 Å². The Labute approximate surface area is 181 Å². The summed E-state index contributed by atoms with van der Waals surface area (Å²) >= 11 is 1.69. The fourth-order valence-corrected chi connectivity index (χ4v) is 3.25. The van der Waals surface area contributed by atoms with E-state index in [1.165, 1.54) is 5.56 Å². The molecule has 0 aliphatic rings. The third-order valence-corrected chi connectivity index (χ3v) is 4.57. The highest BCUT2D eigenvalue weighted by atomic mass is 127. The summed E-state index contributed by atoms with van der Waals surface area (Å²) in [6, 6.07) is 8.20. The third-order valence-electron chi connectivity index (χ3n) is 3.84. The Morgan fingerprint density at radius 2 is 2.04 bits per heavy atom. The molecule has 144 valence electrons. The summed E-state index contributed by atoms with van der Waals surface area (Å²) in [4.78, 5) is 9.15. The number of hydrogen-bond acceptors (Lipinski definition) is 4. The molecule has 0 unspecified atom stereocenters. The van der Waals surface area contributed by atoms with E-state index in [0.29, 0.717) is 13.1 Å². The molecular formula is C19H25IN6S. The second-order valence-electron chi connectivity index (χ2n) is 6.04. The van der Waals surface area contributed by atoms with E-state index < -0.39 is 0 Å². The van der Waals surface area contributed by atoms with Crippen LogP contribution in [0.1, 0.15) is 29.4 Å². The number of halogens is 1. The van der Waals surface area contributed by atoms with Crippen LogP contribution in [0.15, 0.2) is 46.2 Å². The van der Waals surface area contributed by atoms with Gasteiger partial charge >= 0.3 is 0 Å². The minimum absolute atomic E-state index is 0. The largest absolute Gasteiger partial charge is 0.357 e. The normalized spacial score (nSPS) is 11.1. The number of nitrogens with zero attached hydrogens (tertiary/aromatic N) is 4. The van der Waals surface area contributed by atoms with Gasteiger partial charge in [-0.2, -0.15) is 16.4 Å². The van der Waals surface area contributed by atoms with Gasteiger partial charge < -0.3 is 10.6 Å².